The molecule has 4 heteroatoms. The predicted molar refractivity (Wildman–Crippen MR) is 93.0 cm³/mol. The second-order valence-corrected chi connectivity index (χ2v) is 7.23. The lowest BCUT2D eigenvalue weighted by atomic mass is 9.61. The molecule has 0 amide bonds. The van der Waals surface area contributed by atoms with Crippen LogP contribution in [0, 0.1) is 23.7 Å². The van der Waals surface area contributed by atoms with Gasteiger partial charge in [-0.2, -0.15) is 0 Å². The number of allylic oxidation sites excluding steroid dienone is 7. The van der Waals surface area contributed by atoms with Crippen molar-refractivity contribution < 1.29 is 20.1 Å². The van der Waals surface area contributed by atoms with Gasteiger partial charge in [0.05, 0.1) is 12.4 Å². The minimum absolute atomic E-state index is 0.00873. The van der Waals surface area contributed by atoms with E-state index in [-0.39, 0.29) is 6.61 Å². The molecule has 0 heterocycles. The molecule has 0 saturated carbocycles. The summed E-state index contributed by atoms with van der Waals surface area (Å²) in [4.78, 5) is 0. The quantitative estimate of drug-likeness (QED) is 0.676. The molecule has 4 nitrogen and oxygen atoms in total. The van der Waals surface area contributed by atoms with Gasteiger partial charge in [0.1, 0.15) is 18.8 Å². The SMILES string of the molecule is CC1C2=C(CC(OC[C@@H](O)[C@H](O)CO)=CC2)C(C)C2C=CC=CC12. The molecule has 4 unspecified atom stereocenters. The zero-order valence-corrected chi connectivity index (χ0v) is 14.4. The fraction of sp³-hybridized carbons (Fsp3) is 0.600. The number of aliphatic hydroxyl groups excluding tert-OH is 3. The first kappa shape index (κ1) is 17.5. The minimum atomic E-state index is -1.16. The molecule has 0 fully saturated rings. The molecule has 0 spiro atoms. The fourth-order valence-corrected chi connectivity index (χ4v) is 4.30. The highest BCUT2D eigenvalue weighted by Crippen LogP contribution is 2.49. The highest BCUT2D eigenvalue weighted by molar-refractivity contribution is 5.37. The van der Waals surface area contributed by atoms with Gasteiger partial charge in [0.15, 0.2) is 0 Å². The molecule has 0 aliphatic heterocycles. The smallest absolute Gasteiger partial charge is 0.116 e. The number of fused-ring (bicyclic) bond motifs is 1. The molecule has 0 aromatic rings. The zero-order valence-electron chi connectivity index (χ0n) is 14.4. The highest BCUT2D eigenvalue weighted by atomic mass is 16.5. The number of aliphatic hydroxyl groups is 3. The number of hydrogen-bond acceptors (Lipinski definition) is 4. The Balaban J connectivity index is 1.68. The third kappa shape index (κ3) is 3.23. The lowest BCUT2D eigenvalue weighted by molar-refractivity contribution is -0.0460. The predicted octanol–water partition coefficient (Wildman–Crippen LogP) is 2.34. The molecule has 0 radical (unpaired) electrons. The van der Waals surface area contributed by atoms with Gasteiger partial charge in [-0.1, -0.05) is 49.3 Å². The average molecular weight is 332 g/mol. The van der Waals surface area contributed by atoms with Crippen molar-refractivity contribution in [3.63, 3.8) is 0 Å². The summed E-state index contributed by atoms with van der Waals surface area (Å²) >= 11 is 0. The largest absolute Gasteiger partial charge is 0.495 e. The summed E-state index contributed by atoms with van der Waals surface area (Å²) in [5.41, 5.74) is 3.00. The summed E-state index contributed by atoms with van der Waals surface area (Å²) in [5, 5.41) is 28.0. The third-order valence-electron chi connectivity index (χ3n) is 5.87. The maximum atomic E-state index is 9.74. The Morgan fingerprint density at radius 3 is 2.29 bits per heavy atom. The molecule has 3 rings (SSSR count). The van der Waals surface area contributed by atoms with Crippen LogP contribution in [0.3, 0.4) is 0 Å². The van der Waals surface area contributed by atoms with Gasteiger partial charge < -0.3 is 20.1 Å². The van der Waals surface area contributed by atoms with E-state index >= 15 is 0 Å². The van der Waals surface area contributed by atoms with Gasteiger partial charge >= 0.3 is 0 Å². The summed E-state index contributed by atoms with van der Waals surface area (Å²) in [6, 6.07) is 0. The first-order valence-corrected chi connectivity index (χ1v) is 8.88. The Hall–Kier alpha value is -1.36. The summed E-state index contributed by atoms with van der Waals surface area (Å²) in [6.07, 6.45) is 10.5. The van der Waals surface area contributed by atoms with Crippen molar-refractivity contribution in [3.05, 3.63) is 47.3 Å². The van der Waals surface area contributed by atoms with Crippen LogP contribution in [0.15, 0.2) is 47.3 Å². The monoisotopic (exact) mass is 332 g/mol. The molecule has 3 aliphatic carbocycles. The van der Waals surface area contributed by atoms with Crippen LogP contribution in [0.2, 0.25) is 0 Å². The van der Waals surface area contributed by atoms with Crippen LogP contribution >= 0.6 is 0 Å². The lowest BCUT2D eigenvalue weighted by Crippen LogP contribution is -2.35. The summed E-state index contributed by atoms with van der Waals surface area (Å²) in [6.45, 7) is 4.17. The number of hydrogen-bond donors (Lipinski definition) is 3. The summed E-state index contributed by atoms with van der Waals surface area (Å²) in [5.74, 6) is 3.03. The van der Waals surface area contributed by atoms with E-state index in [2.05, 4.69) is 44.2 Å². The van der Waals surface area contributed by atoms with Gasteiger partial charge in [-0.3, -0.25) is 0 Å². The zero-order chi connectivity index (χ0) is 17.3. The summed E-state index contributed by atoms with van der Waals surface area (Å²) < 4.78 is 5.71. The number of ether oxygens (including phenoxy) is 1. The minimum Gasteiger partial charge on any atom is -0.495 e. The Labute approximate surface area is 143 Å². The molecule has 0 bridgehead atoms. The van der Waals surface area contributed by atoms with Crippen molar-refractivity contribution in [2.75, 3.05) is 13.2 Å². The molecule has 132 valence electrons. The lowest BCUT2D eigenvalue weighted by Gasteiger charge is -2.44. The van der Waals surface area contributed by atoms with Gasteiger partial charge in [0, 0.05) is 6.42 Å². The van der Waals surface area contributed by atoms with E-state index in [4.69, 9.17) is 9.84 Å². The van der Waals surface area contributed by atoms with Crippen molar-refractivity contribution in [1.82, 2.24) is 0 Å². The van der Waals surface area contributed by atoms with Crippen molar-refractivity contribution in [2.24, 2.45) is 23.7 Å². The Morgan fingerprint density at radius 2 is 1.67 bits per heavy atom. The highest BCUT2D eigenvalue weighted by Gasteiger charge is 2.39. The van der Waals surface area contributed by atoms with Gasteiger partial charge in [-0.15, -0.1) is 0 Å². The van der Waals surface area contributed by atoms with E-state index in [1.54, 1.807) is 0 Å². The van der Waals surface area contributed by atoms with E-state index in [0.29, 0.717) is 23.7 Å². The van der Waals surface area contributed by atoms with Crippen molar-refractivity contribution in [3.8, 4) is 0 Å². The van der Waals surface area contributed by atoms with Gasteiger partial charge in [-0.25, -0.2) is 0 Å². The Bertz CT molecular complexity index is 586. The maximum Gasteiger partial charge on any atom is 0.116 e. The molecule has 3 N–H and O–H groups in total. The van der Waals surface area contributed by atoms with Crippen LogP contribution in [0.1, 0.15) is 26.7 Å². The molecule has 0 saturated heterocycles. The maximum absolute atomic E-state index is 9.74. The van der Waals surface area contributed by atoms with Crippen LogP contribution in [0.5, 0.6) is 0 Å². The van der Waals surface area contributed by atoms with Crippen molar-refractivity contribution in [1.29, 1.82) is 0 Å². The number of rotatable bonds is 5. The molecule has 6 atom stereocenters. The van der Waals surface area contributed by atoms with Crippen LogP contribution < -0.4 is 0 Å². The first-order chi connectivity index (χ1) is 11.5. The Kier molecular flexibility index (Phi) is 5.28. The molecule has 3 aliphatic rings. The van der Waals surface area contributed by atoms with Crippen LogP contribution in [-0.2, 0) is 4.74 Å². The molecule has 0 aromatic carbocycles. The second-order valence-electron chi connectivity index (χ2n) is 7.23. The van der Waals surface area contributed by atoms with Gasteiger partial charge in [0.2, 0.25) is 0 Å². The van der Waals surface area contributed by atoms with Crippen LogP contribution in [-0.4, -0.2) is 40.7 Å². The van der Waals surface area contributed by atoms with Crippen LogP contribution in [0.25, 0.3) is 0 Å². The summed E-state index contributed by atoms with van der Waals surface area (Å²) in [7, 11) is 0. The molecule has 0 aromatic heterocycles. The van der Waals surface area contributed by atoms with Crippen molar-refractivity contribution in [2.45, 2.75) is 38.9 Å². The standard InChI is InChI=1S/C20H28O4/c1-12-15-5-3-4-6-16(15)13(2)18-9-14(7-8-17(12)18)24-11-20(23)19(22)10-21/h3-7,12-13,15-16,19-23H,8-11H2,1-2H3/t12?,13?,15?,16?,19-,20-/m1/s1. The Morgan fingerprint density at radius 1 is 1.04 bits per heavy atom. The van der Waals surface area contributed by atoms with E-state index in [9.17, 15) is 10.2 Å². The van der Waals surface area contributed by atoms with Crippen LogP contribution in [0.4, 0.5) is 0 Å². The second kappa shape index (κ2) is 7.26. The molecule has 24 heavy (non-hydrogen) atoms. The van der Waals surface area contributed by atoms with Gasteiger partial charge in [0.25, 0.3) is 0 Å². The van der Waals surface area contributed by atoms with Gasteiger partial charge in [-0.05, 0) is 36.2 Å². The van der Waals surface area contributed by atoms with E-state index in [1.165, 1.54) is 11.1 Å². The third-order valence-corrected chi connectivity index (χ3v) is 5.87. The average Bonchev–Trinajstić information content (AvgIpc) is 2.63. The van der Waals surface area contributed by atoms with E-state index in [0.717, 1.165) is 18.6 Å². The molecular formula is C20H28O4. The topological polar surface area (TPSA) is 69.9 Å². The normalized spacial score (nSPS) is 34.3. The van der Waals surface area contributed by atoms with E-state index < -0.39 is 18.8 Å². The molecular weight excluding hydrogens is 304 g/mol. The van der Waals surface area contributed by atoms with E-state index in [1.807, 2.05) is 0 Å². The first-order valence-electron chi connectivity index (χ1n) is 8.88. The van der Waals surface area contributed by atoms with Crippen molar-refractivity contribution >= 4 is 0 Å². The fourth-order valence-electron chi connectivity index (χ4n) is 4.30.